The number of anilines is 2. The highest BCUT2D eigenvalue weighted by molar-refractivity contribution is 6.31. The number of carbonyl (C=O) groups excluding carboxylic acids is 1. The van der Waals surface area contributed by atoms with Crippen molar-refractivity contribution in [3.05, 3.63) is 46.9 Å². The molecule has 0 radical (unpaired) electrons. The molecule has 1 aromatic carbocycles. The fourth-order valence-corrected chi connectivity index (χ4v) is 1.97. The summed E-state index contributed by atoms with van der Waals surface area (Å²) in [5.74, 6) is 0.0103. The Kier molecular flexibility index (Phi) is 4.59. The van der Waals surface area contributed by atoms with E-state index in [1.165, 1.54) is 13.3 Å². The van der Waals surface area contributed by atoms with Gasteiger partial charge in [-0.2, -0.15) is 0 Å². The maximum Gasteiger partial charge on any atom is 0.358 e. The number of rotatable bonds is 4. The molecule has 0 unspecified atom stereocenters. The van der Waals surface area contributed by atoms with Gasteiger partial charge in [0.15, 0.2) is 5.69 Å². The number of nitrogens with two attached hydrogens (primary N) is 1. The number of nitrogen functional groups attached to an aromatic ring is 1. The van der Waals surface area contributed by atoms with Gasteiger partial charge in [-0.25, -0.2) is 9.78 Å². The normalized spacial score (nSPS) is 10.2. The number of aromatic nitrogens is 2. The van der Waals surface area contributed by atoms with E-state index in [0.717, 1.165) is 5.56 Å². The standard InChI is InChI=1S/C14H15ClN4O2/c1-19(8-9-5-10(16)3-4-11(9)15)13-7-17-6-12(18-13)14(20)21-2/h3-7H,8,16H2,1-2H3. The second-order valence-electron chi connectivity index (χ2n) is 4.46. The van der Waals surface area contributed by atoms with Crippen LogP contribution in [0.5, 0.6) is 0 Å². The Hall–Kier alpha value is -2.34. The minimum atomic E-state index is -0.528. The fourth-order valence-electron chi connectivity index (χ4n) is 1.79. The summed E-state index contributed by atoms with van der Waals surface area (Å²) in [6.07, 6.45) is 2.92. The van der Waals surface area contributed by atoms with Crippen molar-refractivity contribution in [3.63, 3.8) is 0 Å². The number of carbonyl (C=O) groups is 1. The topological polar surface area (TPSA) is 81.3 Å². The summed E-state index contributed by atoms with van der Waals surface area (Å²) in [4.78, 5) is 21.5. The van der Waals surface area contributed by atoms with Crippen molar-refractivity contribution in [1.82, 2.24) is 9.97 Å². The molecule has 0 amide bonds. The molecule has 0 saturated heterocycles. The van der Waals surface area contributed by atoms with Gasteiger partial charge in [0, 0.05) is 24.3 Å². The summed E-state index contributed by atoms with van der Waals surface area (Å²) in [7, 11) is 3.12. The molecule has 0 spiro atoms. The molecule has 21 heavy (non-hydrogen) atoms. The predicted molar refractivity (Wildman–Crippen MR) is 81.3 cm³/mol. The number of benzene rings is 1. The van der Waals surface area contributed by atoms with Crippen LogP contribution in [0.2, 0.25) is 5.02 Å². The van der Waals surface area contributed by atoms with E-state index >= 15 is 0 Å². The van der Waals surface area contributed by atoms with E-state index in [1.807, 2.05) is 11.9 Å². The molecule has 0 saturated carbocycles. The first-order valence-corrected chi connectivity index (χ1v) is 6.54. The van der Waals surface area contributed by atoms with Gasteiger partial charge in [0.2, 0.25) is 0 Å². The Morgan fingerprint density at radius 2 is 2.19 bits per heavy atom. The average molecular weight is 307 g/mol. The zero-order chi connectivity index (χ0) is 15.4. The zero-order valence-corrected chi connectivity index (χ0v) is 12.5. The molecule has 2 aromatic rings. The fraction of sp³-hybridized carbons (Fsp3) is 0.214. The van der Waals surface area contributed by atoms with E-state index in [1.54, 1.807) is 24.4 Å². The molecule has 0 fully saturated rings. The van der Waals surface area contributed by atoms with Crippen molar-refractivity contribution in [1.29, 1.82) is 0 Å². The van der Waals surface area contributed by atoms with E-state index in [9.17, 15) is 4.79 Å². The molecular formula is C14H15ClN4O2. The second-order valence-corrected chi connectivity index (χ2v) is 4.87. The Labute approximate surface area is 127 Å². The molecule has 1 heterocycles. The first-order chi connectivity index (χ1) is 10.0. The lowest BCUT2D eigenvalue weighted by Crippen LogP contribution is -2.19. The lowest BCUT2D eigenvalue weighted by molar-refractivity contribution is 0.0593. The van der Waals surface area contributed by atoms with Gasteiger partial charge < -0.3 is 15.4 Å². The summed E-state index contributed by atoms with van der Waals surface area (Å²) in [6, 6.07) is 5.29. The van der Waals surface area contributed by atoms with Crippen LogP contribution in [-0.2, 0) is 11.3 Å². The molecule has 0 aliphatic rings. The van der Waals surface area contributed by atoms with Gasteiger partial charge in [-0.3, -0.25) is 4.98 Å². The molecule has 2 rings (SSSR count). The quantitative estimate of drug-likeness (QED) is 0.688. The van der Waals surface area contributed by atoms with Crippen LogP contribution >= 0.6 is 11.6 Å². The summed E-state index contributed by atoms with van der Waals surface area (Å²) in [5.41, 5.74) is 7.41. The monoisotopic (exact) mass is 306 g/mol. The molecule has 0 atom stereocenters. The van der Waals surface area contributed by atoms with Crippen molar-refractivity contribution in [2.45, 2.75) is 6.54 Å². The molecule has 0 aliphatic heterocycles. The summed E-state index contributed by atoms with van der Waals surface area (Å²) in [5, 5.41) is 0.619. The van der Waals surface area contributed by atoms with Crippen molar-refractivity contribution in [3.8, 4) is 0 Å². The largest absolute Gasteiger partial charge is 0.464 e. The van der Waals surface area contributed by atoms with E-state index < -0.39 is 5.97 Å². The predicted octanol–water partition coefficient (Wildman–Crippen LogP) is 2.14. The highest BCUT2D eigenvalue weighted by Crippen LogP contribution is 2.22. The van der Waals surface area contributed by atoms with Crippen LogP contribution in [0.3, 0.4) is 0 Å². The Morgan fingerprint density at radius 1 is 1.43 bits per heavy atom. The van der Waals surface area contributed by atoms with Crippen LogP contribution in [-0.4, -0.2) is 30.1 Å². The SMILES string of the molecule is COC(=O)c1cncc(N(C)Cc2cc(N)ccc2Cl)n1. The minimum Gasteiger partial charge on any atom is -0.464 e. The van der Waals surface area contributed by atoms with Crippen LogP contribution in [0.4, 0.5) is 11.5 Å². The summed E-state index contributed by atoms with van der Waals surface area (Å²) < 4.78 is 4.63. The highest BCUT2D eigenvalue weighted by Gasteiger charge is 2.12. The van der Waals surface area contributed by atoms with Gasteiger partial charge in [-0.15, -0.1) is 0 Å². The van der Waals surface area contributed by atoms with E-state index in [-0.39, 0.29) is 5.69 Å². The second kappa shape index (κ2) is 6.41. The Bertz CT molecular complexity index is 663. The van der Waals surface area contributed by atoms with Gasteiger partial charge in [-0.05, 0) is 23.8 Å². The number of ether oxygens (including phenoxy) is 1. The number of esters is 1. The van der Waals surface area contributed by atoms with Gasteiger partial charge in [0.05, 0.1) is 19.5 Å². The summed E-state index contributed by atoms with van der Waals surface area (Å²) in [6.45, 7) is 0.489. The van der Waals surface area contributed by atoms with Gasteiger partial charge in [0.25, 0.3) is 0 Å². The average Bonchev–Trinajstić information content (AvgIpc) is 2.50. The minimum absolute atomic E-state index is 0.153. The van der Waals surface area contributed by atoms with E-state index in [0.29, 0.717) is 23.1 Å². The van der Waals surface area contributed by atoms with Crippen LogP contribution in [0, 0.1) is 0 Å². The molecule has 0 bridgehead atoms. The molecule has 0 aliphatic carbocycles. The van der Waals surface area contributed by atoms with Crippen molar-refractivity contribution >= 4 is 29.1 Å². The number of halogens is 1. The van der Waals surface area contributed by atoms with Crippen LogP contribution in [0.15, 0.2) is 30.6 Å². The Balaban J connectivity index is 2.22. The molecule has 1 aromatic heterocycles. The lowest BCUT2D eigenvalue weighted by atomic mass is 10.2. The maximum absolute atomic E-state index is 11.5. The number of hydrogen-bond acceptors (Lipinski definition) is 6. The van der Waals surface area contributed by atoms with Crippen LogP contribution in [0.1, 0.15) is 16.1 Å². The van der Waals surface area contributed by atoms with Crippen LogP contribution < -0.4 is 10.6 Å². The third-order valence-corrected chi connectivity index (χ3v) is 3.25. The van der Waals surface area contributed by atoms with Gasteiger partial charge in [-0.1, -0.05) is 11.6 Å². The molecule has 110 valence electrons. The third kappa shape index (κ3) is 3.61. The smallest absolute Gasteiger partial charge is 0.358 e. The number of methoxy groups -OCH3 is 1. The van der Waals surface area contributed by atoms with E-state index in [4.69, 9.17) is 17.3 Å². The van der Waals surface area contributed by atoms with E-state index in [2.05, 4.69) is 14.7 Å². The summed E-state index contributed by atoms with van der Waals surface area (Å²) >= 11 is 6.14. The Morgan fingerprint density at radius 3 is 2.90 bits per heavy atom. The molecule has 6 nitrogen and oxygen atoms in total. The highest BCUT2D eigenvalue weighted by atomic mass is 35.5. The zero-order valence-electron chi connectivity index (χ0n) is 11.7. The van der Waals surface area contributed by atoms with Gasteiger partial charge in [0.1, 0.15) is 5.82 Å². The van der Waals surface area contributed by atoms with Crippen molar-refractivity contribution in [2.75, 3.05) is 24.8 Å². The maximum atomic E-state index is 11.5. The molecule has 2 N–H and O–H groups in total. The van der Waals surface area contributed by atoms with Gasteiger partial charge >= 0.3 is 5.97 Å². The number of nitrogens with zero attached hydrogens (tertiary/aromatic N) is 3. The lowest BCUT2D eigenvalue weighted by Gasteiger charge is -2.19. The number of hydrogen-bond donors (Lipinski definition) is 1. The van der Waals surface area contributed by atoms with Crippen LogP contribution in [0.25, 0.3) is 0 Å². The first kappa shape index (κ1) is 15.1. The molecule has 7 heteroatoms. The van der Waals surface area contributed by atoms with Crippen molar-refractivity contribution in [2.24, 2.45) is 0 Å². The third-order valence-electron chi connectivity index (χ3n) is 2.88. The first-order valence-electron chi connectivity index (χ1n) is 6.16. The molecular weight excluding hydrogens is 292 g/mol. The van der Waals surface area contributed by atoms with Crippen molar-refractivity contribution < 1.29 is 9.53 Å².